The Morgan fingerprint density at radius 3 is 2.72 bits per heavy atom. The summed E-state index contributed by atoms with van der Waals surface area (Å²) in [6.07, 6.45) is 3.63. The van der Waals surface area contributed by atoms with Gasteiger partial charge in [0.1, 0.15) is 0 Å². The molecule has 0 atom stereocenters. The van der Waals surface area contributed by atoms with Crippen LogP contribution in [0.4, 0.5) is 5.69 Å². The zero-order valence-electron chi connectivity index (χ0n) is 9.99. The summed E-state index contributed by atoms with van der Waals surface area (Å²) in [4.78, 5) is 14.7. The fourth-order valence-electron chi connectivity index (χ4n) is 2.45. The van der Waals surface area contributed by atoms with Crippen molar-refractivity contribution in [1.82, 2.24) is 0 Å². The van der Waals surface area contributed by atoms with Crippen molar-refractivity contribution in [2.24, 2.45) is 0 Å². The van der Waals surface area contributed by atoms with Crippen LogP contribution in [0, 0.1) is 0 Å². The third-order valence-corrected chi connectivity index (χ3v) is 4.60. The minimum Gasteiger partial charge on any atom is -0.368 e. The van der Waals surface area contributed by atoms with E-state index in [1.165, 1.54) is 19.3 Å². The second-order valence-corrected chi connectivity index (χ2v) is 5.99. The maximum atomic E-state index is 12.5. The highest BCUT2D eigenvalue weighted by Gasteiger charge is 2.15. The molecule has 2 aromatic rings. The molecule has 0 aliphatic carbocycles. The zero-order chi connectivity index (χ0) is 12.5. The van der Waals surface area contributed by atoms with Gasteiger partial charge in [0.15, 0.2) is 0 Å². The number of hydrogen-bond donors (Lipinski definition) is 0. The normalized spacial score (nSPS) is 16.2. The Hall–Kier alpha value is -1.06. The number of fused-ring (bicyclic) bond motifs is 1. The molecule has 0 unspecified atom stereocenters. The van der Waals surface area contributed by atoms with Crippen LogP contribution >= 0.6 is 22.9 Å². The first-order chi connectivity index (χ1) is 8.75. The highest BCUT2D eigenvalue weighted by Crippen LogP contribution is 2.25. The second kappa shape index (κ2) is 4.90. The van der Waals surface area contributed by atoms with Gasteiger partial charge in [-0.2, -0.15) is 0 Å². The number of benzene rings is 1. The molecule has 18 heavy (non-hydrogen) atoms. The van der Waals surface area contributed by atoms with Crippen LogP contribution in [0.5, 0.6) is 0 Å². The molecule has 0 spiro atoms. The van der Waals surface area contributed by atoms with Gasteiger partial charge in [0, 0.05) is 33.6 Å². The van der Waals surface area contributed by atoms with Crippen LogP contribution in [0.1, 0.15) is 19.3 Å². The molecule has 1 aliphatic heterocycles. The van der Waals surface area contributed by atoms with Crippen LogP contribution in [0.2, 0.25) is 5.02 Å². The third-order valence-electron chi connectivity index (χ3n) is 3.41. The first-order valence-corrected chi connectivity index (χ1v) is 7.47. The molecule has 1 saturated heterocycles. The van der Waals surface area contributed by atoms with E-state index in [0.717, 1.165) is 28.9 Å². The second-order valence-electron chi connectivity index (χ2n) is 4.64. The Labute approximate surface area is 115 Å². The van der Waals surface area contributed by atoms with E-state index in [-0.39, 0.29) is 5.43 Å². The Kier molecular flexibility index (Phi) is 3.27. The summed E-state index contributed by atoms with van der Waals surface area (Å²) < 4.78 is 1.00. The lowest BCUT2D eigenvalue weighted by molar-refractivity contribution is 0.577. The Morgan fingerprint density at radius 1 is 1.17 bits per heavy atom. The highest BCUT2D eigenvalue weighted by molar-refractivity contribution is 7.16. The first kappa shape index (κ1) is 12.0. The molecule has 1 fully saturated rings. The Balaban J connectivity index is 2.13. The summed E-state index contributed by atoms with van der Waals surface area (Å²) in [5.41, 5.74) is 0.961. The van der Waals surface area contributed by atoms with Crippen LogP contribution in [0.3, 0.4) is 0 Å². The number of anilines is 1. The van der Waals surface area contributed by atoms with Gasteiger partial charge in [-0.1, -0.05) is 11.6 Å². The molecule has 2 heterocycles. The topological polar surface area (TPSA) is 20.3 Å². The van der Waals surface area contributed by atoms with E-state index in [0.29, 0.717) is 5.02 Å². The van der Waals surface area contributed by atoms with E-state index in [4.69, 9.17) is 11.6 Å². The minimum atomic E-state index is 0.119. The molecule has 0 N–H and O–H groups in total. The van der Waals surface area contributed by atoms with Crippen molar-refractivity contribution in [2.45, 2.75) is 19.3 Å². The predicted octanol–water partition coefficient (Wildman–Crippen LogP) is 3.91. The highest BCUT2D eigenvalue weighted by atomic mass is 35.5. The Morgan fingerprint density at radius 2 is 1.94 bits per heavy atom. The van der Waals surface area contributed by atoms with Gasteiger partial charge in [0.2, 0.25) is 5.43 Å². The van der Waals surface area contributed by atoms with Gasteiger partial charge >= 0.3 is 0 Å². The standard InChI is InChI=1S/C14H14ClNOS/c15-10-4-5-13-11(8-10)14(17)12(9-18-13)16-6-2-1-3-7-16/h4-5,8-9H,1-3,6-7H2. The SMILES string of the molecule is O=c1c(N2CCCCC2)csc2ccc(Cl)cc12. The third kappa shape index (κ3) is 2.13. The van der Waals surface area contributed by atoms with Gasteiger partial charge in [-0.05, 0) is 37.5 Å². The van der Waals surface area contributed by atoms with Crippen molar-refractivity contribution in [3.8, 4) is 0 Å². The minimum absolute atomic E-state index is 0.119. The summed E-state index contributed by atoms with van der Waals surface area (Å²) >= 11 is 7.60. The predicted molar refractivity (Wildman–Crippen MR) is 79.2 cm³/mol. The van der Waals surface area contributed by atoms with Crippen molar-refractivity contribution in [3.63, 3.8) is 0 Å². The maximum Gasteiger partial charge on any atom is 0.211 e. The van der Waals surface area contributed by atoms with Gasteiger partial charge in [-0.3, -0.25) is 4.79 Å². The lowest BCUT2D eigenvalue weighted by atomic mass is 10.1. The molecule has 0 radical (unpaired) electrons. The number of rotatable bonds is 1. The van der Waals surface area contributed by atoms with Gasteiger partial charge in [0.25, 0.3) is 0 Å². The molecule has 0 saturated carbocycles. The molecule has 0 bridgehead atoms. The Bertz CT molecular complexity index is 631. The van der Waals surface area contributed by atoms with Crippen LogP contribution < -0.4 is 10.3 Å². The quantitative estimate of drug-likeness (QED) is 0.789. The van der Waals surface area contributed by atoms with Crippen LogP contribution in [-0.2, 0) is 0 Å². The van der Waals surface area contributed by atoms with Crippen LogP contribution in [-0.4, -0.2) is 13.1 Å². The lowest BCUT2D eigenvalue weighted by Gasteiger charge is -2.28. The zero-order valence-corrected chi connectivity index (χ0v) is 11.6. The monoisotopic (exact) mass is 279 g/mol. The van der Waals surface area contributed by atoms with Crippen molar-refractivity contribution in [2.75, 3.05) is 18.0 Å². The van der Waals surface area contributed by atoms with E-state index in [1.54, 1.807) is 17.4 Å². The molecule has 1 aliphatic rings. The molecule has 2 nitrogen and oxygen atoms in total. The number of nitrogens with zero attached hydrogens (tertiary/aromatic N) is 1. The van der Waals surface area contributed by atoms with Crippen molar-refractivity contribution < 1.29 is 0 Å². The molecule has 4 heteroatoms. The van der Waals surface area contributed by atoms with Crippen molar-refractivity contribution in [1.29, 1.82) is 0 Å². The summed E-state index contributed by atoms with van der Waals surface area (Å²) in [5.74, 6) is 0. The van der Waals surface area contributed by atoms with E-state index in [1.807, 2.05) is 17.5 Å². The molecule has 94 valence electrons. The summed E-state index contributed by atoms with van der Waals surface area (Å²) in [7, 11) is 0. The van der Waals surface area contributed by atoms with Crippen LogP contribution in [0.25, 0.3) is 10.1 Å². The molecular weight excluding hydrogens is 266 g/mol. The van der Waals surface area contributed by atoms with Gasteiger partial charge in [0.05, 0.1) is 5.69 Å². The van der Waals surface area contributed by atoms with E-state index < -0.39 is 0 Å². The smallest absolute Gasteiger partial charge is 0.211 e. The fraction of sp³-hybridized carbons (Fsp3) is 0.357. The average Bonchev–Trinajstić information content (AvgIpc) is 2.41. The van der Waals surface area contributed by atoms with Gasteiger partial charge in [-0.25, -0.2) is 0 Å². The molecule has 0 amide bonds. The van der Waals surface area contributed by atoms with E-state index in [9.17, 15) is 4.79 Å². The molecule has 1 aromatic heterocycles. The van der Waals surface area contributed by atoms with Crippen molar-refractivity contribution >= 4 is 38.7 Å². The number of hydrogen-bond acceptors (Lipinski definition) is 3. The van der Waals surface area contributed by atoms with E-state index >= 15 is 0 Å². The largest absolute Gasteiger partial charge is 0.368 e. The fourth-order valence-corrected chi connectivity index (χ4v) is 3.54. The first-order valence-electron chi connectivity index (χ1n) is 6.22. The van der Waals surface area contributed by atoms with E-state index in [2.05, 4.69) is 4.90 Å². The molecular formula is C14H14ClNOS. The average molecular weight is 280 g/mol. The lowest BCUT2D eigenvalue weighted by Crippen LogP contribution is -2.32. The molecule has 1 aromatic carbocycles. The number of piperidine rings is 1. The number of halogens is 1. The summed E-state index contributed by atoms with van der Waals surface area (Å²) in [5, 5.41) is 3.36. The van der Waals surface area contributed by atoms with Gasteiger partial charge in [-0.15, -0.1) is 11.3 Å². The van der Waals surface area contributed by atoms with Crippen molar-refractivity contribution in [3.05, 3.63) is 38.8 Å². The van der Waals surface area contributed by atoms with Crippen LogP contribution in [0.15, 0.2) is 28.4 Å². The maximum absolute atomic E-state index is 12.5. The summed E-state index contributed by atoms with van der Waals surface area (Å²) in [6.45, 7) is 1.99. The molecule has 3 rings (SSSR count). The van der Waals surface area contributed by atoms with Gasteiger partial charge < -0.3 is 4.90 Å². The summed E-state index contributed by atoms with van der Waals surface area (Å²) in [6, 6.07) is 5.54.